The lowest BCUT2D eigenvalue weighted by atomic mass is 10.1. The SMILES string of the molecule is O=S(=O)(c1ccccc1)N1CCOC[C@@H]1CCc1cnccn1. The van der Waals surface area contributed by atoms with Gasteiger partial charge in [-0.05, 0) is 25.0 Å². The summed E-state index contributed by atoms with van der Waals surface area (Å²) in [7, 11) is -3.50. The number of nitrogens with zero attached hydrogens (tertiary/aromatic N) is 3. The molecular formula is C16H19N3O3S. The molecule has 0 aliphatic carbocycles. The molecule has 0 saturated carbocycles. The summed E-state index contributed by atoms with van der Waals surface area (Å²) in [6, 6.07) is 8.36. The molecule has 1 fully saturated rings. The first-order valence-corrected chi connectivity index (χ1v) is 9.01. The van der Waals surface area contributed by atoms with Gasteiger partial charge in [0.1, 0.15) is 0 Å². The summed E-state index contributed by atoms with van der Waals surface area (Å²) in [4.78, 5) is 8.60. The van der Waals surface area contributed by atoms with Crippen LogP contribution in [-0.2, 0) is 21.2 Å². The third-order valence-corrected chi connectivity index (χ3v) is 5.84. The fourth-order valence-corrected chi connectivity index (χ4v) is 4.33. The van der Waals surface area contributed by atoms with Gasteiger partial charge in [-0.1, -0.05) is 18.2 Å². The molecule has 122 valence electrons. The summed E-state index contributed by atoms with van der Waals surface area (Å²) in [6.07, 6.45) is 6.30. The van der Waals surface area contributed by atoms with Crippen LogP contribution in [0.25, 0.3) is 0 Å². The zero-order valence-electron chi connectivity index (χ0n) is 12.7. The summed E-state index contributed by atoms with van der Waals surface area (Å²) in [6.45, 7) is 1.21. The second-order valence-electron chi connectivity index (χ2n) is 5.39. The fraction of sp³-hybridized carbons (Fsp3) is 0.375. The molecule has 1 saturated heterocycles. The van der Waals surface area contributed by atoms with Crippen LogP contribution in [0.4, 0.5) is 0 Å². The van der Waals surface area contributed by atoms with Crippen molar-refractivity contribution < 1.29 is 13.2 Å². The first kappa shape index (κ1) is 16.0. The highest BCUT2D eigenvalue weighted by atomic mass is 32.2. The first-order chi connectivity index (χ1) is 11.2. The number of aryl methyl sites for hydroxylation is 1. The Bertz CT molecular complexity index is 723. The fourth-order valence-electron chi connectivity index (χ4n) is 2.68. The van der Waals surface area contributed by atoms with Crippen molar-refractivity contribution in [1.82, 2.24) is 14.3 Å². The number of hydrogen-bond acceptors (Lipinski definition) is 5. The van der Waals surface area contributed by atoms with Crippen LogP contribution in [0.15, 0.2) is 53.8 Å². The predicted octanol–water partition coefficient (Wildman–Crippen LogP) is 1.50. The molecule has 1 atom stereocenters. The number of hydrogen-bond donors (Lipinski definition) is 0. The Balaban J connectivity index is 1.76. The van der Waals surface area contributed by atoms with Crippen LogP contribution in [0.1, 0.15) is 12.1 Å². The molecule has 0 amide bonds. The maximum Gasteiger partial charge on any atom is 0.243 e. The molecule has 2 heterocycles. The lowest BCUT2D eigenvalue weighted by molar-refractivity contribution is 0.0297. The molecule has 7 heteroatoms. The number of benzene rings is 1. The van der Waals surface area contributed by atoms with Gasteiger partial charge in [0.2, 0.25) is 10.0 Å². The maximum absolute atomic E-state index is 12.9. The van der Waals surface area contributed by atoms with Gasteiger partial charge in [-0.3, -0.25) is 9.97 Å². The number of ether oxygens (including phenoxy) is 1. The highest BCUT2D eigenvalue weighted by Crippen LogP contribution is 2.22. The van der Waals surface area contributed by atoms with Crippen molar-refractivity contribution in [3.05, 3.63) is 54.6 Å². The Morgan fingerprint density at radius 3 is 2.78 bits per heavy atom. The monoisotopic (exact) mass is 333 g/mol. The molecule has 1 aromatic carbocycles. The lowest BCUT2D eigenvalue weighted by Crippen LogP contribution is -2.48. The number of aromatic nitrogens is 2. The smallest absolute Gasteiger partial charge is 0.243 e. The Hall–Kier alpha value is -1.83. The number of sulfonamides is 1. The normalized spacial score (nSPS) is 19.6. The highest BCUT2D eigenvalue weighted by molar-refractivity contribution is 7.89. The molecule has 0 bridgehead atoms. The van der Waals surface area contributed by atoms with Crippen LogP contribution in [0.5, 0.6) is 0 Å². The minimum atomic E-state index is -3.50. The molecule has 0 N–H and O–H groups in total. The van der Waals surface area contributed by atoms with E-state index in [9.17, 15) is 8.42 Å². The average Bonchev–Trinajstić information content (AvgIpc) is 2.62. The van der Waals surface area contributed by atoms with E-state index in [1.807, 2.05) is 6.07 Å². The molecular weight excluding hydrogens is 314 g/mol. The topological polar surface area (TPSA) is 72.4 Å². The molecule has 0 spiro atoms. The van der Waals surface area contributed by atoms with Crippen molar-refractivity contribution in [3.63, 3.8) is 0 Å². The van der Waals surface area contributed by atoms with E-state index in [4.69, 9.17) is 4.74 Å². The second-order valence-corrected chi connectivity index (χ2v) is 7.28. The predicted molar refractivity (Wildman–Crippen MR) is 85.3 cm³/mol. The van der Waals surface area contributed by atoms with E-state index < -0.39 is 10.0 Å². The Labute approximate surface area is 136 Å². The van der Waals surface area contributed by atoms with Crippen LogP contribution in [-0.4, -0.2) is 48.5 Å². The van der Waals surface area contributed by atoms with Crippen molar-refractivity contribution in [2.75, 3.05) is 19.8 Å². The molecule has 1 aliphatic heterocycles. The Kier molecular flexibility index (Phi) is 5.00. The van der Waals surface area contributed by atoms with E-state index in [0.717, 1.165) is 5.69 Å². The van der Waals surface area contributed by atoms with E-state index >= 15 is 0 Å². The molecule has 1 aromatic heterocycles. The highest BCUT2D eigenvalue weighted by Gasteiger charge is 2.33. The summed E-state index contributed by atoms with van der Waals surface area (Å²) in [5.74, 6) is 0. The lowest BCUT2D eigenvalue weighted by Gasteiger charge is -2.34. The van der Waals surface area contributed by atoms with Crippen molar-refractivity contribution >= 4 is 10.0 Å². The van der Waals surface area contributed by atoms with Crippen molar-refractivity contribution in [2.24, 2.45) is 0 Å². The van der Waals surface area contributed by atoms with Crippen molar-refractivity contribution in [2.45, 2.75) is 23.8 Å². The Morgan fingerprint density at radius 1 is 1.22 bits per heavy atom. The average molecular weight is 333 g/mol. The van der Waals surface area contributed by atoms with Crippen LogP contribution in [0, 0.1) is 0 Å². The molecule has 0 unspecified atom stereocenters. The molecule has 6 nitrogen and oxygen atoms in total. The molecule has 1 aliphatic rings. The van der Waals surface area contributed by atoms with Gasteiger partial charge in [0.15, 0.2) is 0 Å². The maximum atomic E-state index is 12.9. The van der Waals surface area contributed by atoms with E-state index in [2.05, 4.69) is 9.97 Å². The molecule has 0 radical (unpaired) electrons. The van der Waals surface area contributed by atoms with Gasteiger partial charge in [0.05, 0.1) is 23.8 Å². The van der Waals surface area contributed by atoms with Crippen LogP contribution >= 0.6 is 0 Å². The van der Waals surface area contributed by atoms with Gasteiger partial charge >= 0.3 is 0 Å². The standard InChI is InChI=1S/C16H19N3O3S/c20-23(21,16-4-2-1-3-5-16)19-10-11-22-13-15(19)7-6-14-12-17-8-9-18-14/h1-5,8-9,12,15H,6-7,10-11,13H2/t15-/m0/s1. The third kappa shape index (κ3) is 3.74. The zero-order chi connectivity index (χ0) is 16.1. The van der Waals surface area contributed by atoms with E-state index in [1.54, 1.807) is 47.2 Å². The van der Waals surface area contributed by atoms with Crippen LogP contribution in [0.2, 0.25) is 0 Å². The Morgan fingerprint density at radius 2 is 2.04 bits per heavy atom. The van der Waals surface area contributed by atoms with E-state index in [-0.39, 0.29) is 6.04 Å². The quantitative estimate of drug-likeness (QED) is 0.829. The molecule has 2 aromatic rings. The minimum Gasteiger partial charge on any atom is -0.378 e. The summed E-state index contributed by atoms with van der Waals surface area (Å²) in [5, 5.41) is 0. The first-order valence-electron chi connectivity index (χ1n) is 7.57. The van der Waals surface area contributed by atoms with Crippen molar-refractivity contribution in [1.29, 1.82) is 0 Å². The second kappa shape index (κ2) is 7.16. The zero-order valence-corrected chi connectivity index (χ0v) is 13.5. The van der Waals surface area contributed by atoms with Gasteiger partial charge in [-0.15, -0.1) is 0 Å². The van der Waals surface area contributed by atoms with E-state index in [1.165, 1.54) is 0 Å². The summed E-state index contributed by atoms with van der Waals surface area (Å²) < 4.78 is 32.8. The van der Waals surface area contributed by atoms with Gasteiger partial charge in [0.25, 0.3) is 0 Å². The van der Waals surface area contributed by atoms with Gasteiger partial charge < -0.3 is 4.74 Å². The van der Waals surface area contributed by atoms with Gasteiger partial charge in [-0.2, -0.15) is 4.31 Å². The van der Waals surface area contributed by atoms with Crippen LogP contribution < -0.4 is 0 Å². The van der Waals surface area contributed by atoms with E-state index in [0.29, 0.717) is 37.5 Å². The van der Waals surface area contributed by atoms with Gasteiger partial charge in [-0.25, -0.2) is 8.42 Å². The van der Waals surface area contributed by atoms with Gasteiger partial charge in [0, 0.05) is 31.2 Å². The third-order valence-electron chi connectivity index (χ3n) is 3.87. The van der Waals surface area contributed by atoms with Crippen LogP contribution in [0.3, 0.4) is 0 Å². The summed E-state index contributed by atoms with van der Waals surface area (Å²) in [5.41, 5.74) is 0.857. The molecule has 3 rings (SSSR count). The van der Waals surface area contributed by atoms with Crippen molar-refractivity contribution in [3.8, 4) is 0 Å². The number of rotatable bonds is 5. The largest absolute Gasteiger partial charge is 0.378 e. The summed E-state index contributed by atoms with van der Waals surface area (Å²) >= 11 is 0. The minimum absolute atomic E-state index is 0.184. The number of morpholine rings is 1. The molecule has 23 heavy (non-hydrogen) atoms.